The molecule has 1 aromatic carbocycles. The first-order valence-electron chi connectivity index (χ1n) is 11.3. The summed E-state index contributed by atoms with van der Waals surface area (Å²) in [7, 11) is 0. The van der Waals surface area contributed by atoms with Crippen molar-refractivity contribution in [2.75, 3.05) is 45.9 Å². The zero-order valence-electron chi connectivity index (χ0n) is 20.1. The Hall–Kier alpha value is -1.74. The Bertz CT molecular complexity index is 625. The molecule has 0 saturated carbocycles. The van der Waals surface area contributed by atoms with Crippen LogP contribution >= 0.6 is 24.8 Å². The molecule has 1 aromatic rings. The summed E-state index contributed by atoms with van der Waals surface area (Å²) in [6.07, 6.45) is 3.04. The number of ether oxygens (including phenoxy) is 2. The number of hydrogen-bond acceptors (Lipinski definition) is 6. The monoisotopic (exact) mass is 508 g/mol. The zero-order valence-corrected chi connectivity index (χ0v) is 21.8. The number of benzene rings is 1. The largest absolute Gasteiger partial charge is 0.448 e. The van der Waals surface area contributed by atoms with E-state index in [1.165, 1.54) is 0 Å². The van der Waals surface area contributed by atoms with Gasteiger partial charge in [0.1, 0.15) is 13.2 Å². The number of amides is 2. The predicted octanol–water partition coefficient (Wildman–Crippen LogP) is 4.19. The van der Waals surface area contributed by atoms with Crippen molar-refractivity contribution in [2.45, 2.75) is 52.5 Å². The van der Waals surface area contributed by atoms with Crippen molar-refractivity contribution in [3.05, 3.63) is 35.4 Å². The van der Waals surface area contributed by atoms with Crippen LogP contribution in [0.2, 0.25) is 0 Å². The van der Waals surface area contributed by atoms with Gasteiger partial charge in [-0.1, -0.05) is 56.5 Å². The van der Waals surface area contributed by atoms with Gasteiger partial charge in [-0.05, 0) is 25.3 Å². The highest BCUT2D eigenvalue weighted by atomic mass is 35.5. The van der Waals surface area contributed by atoms with E-state index in [0.29, 0.717) is 32.7 Å². The molecule has 0 heterocycles. The molecule has 0 aliphatic heterocycles. The first-order valence-corrected chi connectivity index (χ1v) is 11.3. The van der Waals surface area contributed by atoms with E-state index in [9.17, 15) is 9.59 Å². The Morgan fingerprint density at radius 1 is 0.970 bits per heavy atom. The summed E-state index contributed by atoms with van der Waals surface area (Å²) < 4.78 is 10.5. The minimum absolute atomic E-state index is 0. The SMILES string of the molecule is CCCCNC(=O)OCCN(CCOC(=O)NCCCC)CC(N)c1cccc(C)c1.Cl.Cl. The molecule has 0 saturated heterocycles. The molecule has 0 aliphatic rings. The second-order valence-corrected chi connectivity index (χ2v) is 7.65. The highest BCUT2D eigenvalue weighted by molar-refractivity contribution is 5.85. The molecule has 0 aliphatic carbocycles. The highest BCUT2D eigenvalue weighted by Crippen LogP contribution is 2.13. The third-order valence-corrected chi connectivity index (χ3v) is 4.81. The van der Waals surface area contributed by atoms with Gasteiger partial charge >= 0.3 is 12.2 Å². The van der Waals surface area contributed by atoms with Crippen molar-refractivity contribution in [3.8, 4) is 0 Å². The summed E-state index contributed by atoms with van der Waals surface area (Å²) in [5, 5.41) is 5.46. The molecule has 1 rings (SSSR count). The molecule has 0 radical (unpaired) electrons. The molecule has 33 heavy (non-hydrogen) atoms. The van der Waals surface area contributed by atoms with Crippen LogP contribution in [0, 0.1) is 6.92 Å². The van der Waals surface area contributed by atoms with Gasteiger partial charge in [-0.15, -0.1) is 24.8 Å². The topological polar surface area (TPSA) is 106 Å². The first-order chi connectivity index (χ1) is 15.0. The van der Waals surface area contributed by atoms with Crippen LogP contribution in [0.15, 0.2) is 24.3 Å². The number of aryl methyl sites for hydroxylation is 1. The van der Waals surface area contributed by atoms with Crippen LogP contribution in [0.3, 0.4) is 0 Å². The van der Waals surface area contributed by atoms with E-state index >= 15 is 0 Å². The van der Waals surface area contributed by atoms with Crippen LogP contribution in [-0.4, -0.2) is 63.0 Å². The van der Waals surface area contributed by atoms with Crippen LogP contribution in [0.4, 0.5) is 9.59 Å². The maximum absolute atomic E-state index is 11.8. The Labute approximate surface area is 211 Å². The molecule has 2 amide bonds. The van der Waals surface area contributed by atoms with Gasteiger partial charge < -0.3 is 25.8 Å². The standard InChI is InChI=1S/C23H40N4O4.2ClH/c1-4-6-11-25-22(28)30-15-13-27(14-16-31-23(29)26-12-7-5-2)18-21(24)20-10-8-9-19(3)17-20;;/h8-10,17,21H,4-7,11-16,18,24H2,1-3H3,(H,25,28)(H,26,29);2*1H. The number of alkyl carbamates (subject to hydrolysis) is 2. The number of rotatable bonds is 15. The number of carbonyl (C=O) groups excluding carboxylic acids is 2. The molecule has 1 unspecified atom stereocenters. The Morgan fingerprint density at radius 2 is 1.48 bits per heavy atom. The molecule has 192 valence electrons. The first kappa shape index (κ1) is 33.4. The van der Waals surface area contributed by atoms with Gasteiger partial charge in [-0.3, -0.25) is 4.90 Å². The molecule has 4 N–H and O–H groups in total. The molecule has 0 bridgehead atoms. The van der Waals surface area contributed by atoms with E-state index in [2.05, 4.69) is 30.5 Å². The Kier molecular flexibility index (Phi) is 21.1. The van der Waals surface area contributed by atoms with E-state index < -0.39 is 12.2 Å². The molecule has 8 nitrogen and oxygen atoms in total. The molecular weight excluding hydrogens is 467 g/mol. The van der Waals surface area contributed by atoms with Crippen LogP contribution < -0.4 is 16.4 Å². The van der Waals surface area contributed by atoms with Crippen molar-refractivity contribution >= 4 is 37.0 Å². The molecule has 0 aromatic heterocycles. The average Bonchev–Trinajstić information content (AvgIpc) is 2.74. The number of unbranched alkanes of at least 4 members (excludes halogenated alkanes) is 2. The number of nitrogens with one attached hydrogen (secondary N) is 2. The Morgan fingerprint density at radius 3 is 1.94 bits per heavy atom. The van der Waals surface area contributed by atoms with Crippen LogP contribution in [0.1, 0.15) is 56.7 Å². The van der Waals surface area contributed by atoms with Crippen molar-refractivity contribution in [2.24, 2.45) is 5.73 Å². The molecule has 1 atom stereocenters. The molecule has 0 fully saturated rings. The smallest absolute Gasteiger partial charge is 0.407 e. The third kappa shape index (κ3) is 16.5. The number of nitrogens with zero attached hydrogens (tertiary/aromatic N) is 1. The van der Waals surface area contributed by atoms with Gasteiger partial charge in [0.15, 0.2) is 0 Å². The maximum Gasteiger partial charge on any atom is 0.407 e. The van der Waals surface area contributed by atoms with Crippen molar-refractivity contribution in [1.82, 2.24) is 15.5 Å². The minimum Gasteiger partial charge on any atom is -0.448 e. The van der Waals surface area contributed by atoms with E-state index in [1.807, 2.05) is 30.0 Å². The molecule has 10 heteroatoms. The molecular formula is C23H42Cl2N4O4. The lowest BCUT2D eigenvalue weighted by atomic mass is 10.0. The van der Waals surface area contributed by atoms with E-state index in [1.54, 1.807) is 0 Å². The van der Waals surface area contributed by atoms with Gasteiger partial charge in [0.05, 0.1) is 0 Å². The van der Waals surface area contributed by atoms with Gasteiger partial charge in [0, 0.05) is 38.8 Å². The van der Waals surface area contributed by atoms with Gasteiger partial charge in [-0.2, -0.15) is 0 Å². The zero-order chi connectivity index (χ0) is 22.9. The fraction of sp³-hybridized carbons (Fsp3) is 0.652. The predicted molar refractivity (Wildman–Crippen MR) is 138 cm³/mol. The number of nitrogens with two attached hydrogens (primary N) is 1. The third-order valence-electron chi connectivity index (χ3n) is 4.81. The van der Waals surface area contributed by atoms with Crippen LogP contribution in [0.5, 0.6) is 0 Å². The highest BCUT2D eigenvalue weighted by Gasteiger charge is 2.14. The van der Waals surface area contributed by atoms with Crippen molar-refractivity contribution in [3.63, 3.8) is 0 Å². The summed E-state index contributed by atoms with van der Waals surface area (Å²) >= 11 is 0. The summed E-state index contributed by atoms with van der Waals surface area (Å²) in [6, 6.07) is 7.90. The summed E-state index contributed by atoms with van der Waals surface area (Å²) in [5.41, 5.74) is 8.60. The fourth-order valence-electron chi connectivity index (χ4n) is 2.95. The lowest BCUT2D eigenvalue weighted by Gasteiger charge is -2.25. The lowest BCUT2D eigenvalue weighted by molar-refractivity contribution is 0.104. The van der Waals surface area contributed by atoms with Crippen LogP contribution in [-0.2, 0) is 9.47 Å². The second-order valence-electron chi connectivity index (χ2n) is 7.65. The number of halogens is 2. The van der Waals surface area contributed by atoms with E-state index in [0.717, 1.165) is 36.8 Å². The Balaban J connectivity index is 0. The van der Waals surface area contributed by atoms with Crippen molar-refractivity contribution < 1.29 is 19.1 Å². The van der Waals surface area contributed by atoms with E-state index in [-0.39, 0.29) is 44.1 Å². The lowest BCUT2D eigenvalue weighted by Crippen LogP contribution is -2.39. The fourth-order valence-corrected chi connectivity index (χ4v) is 2.95. The molecule has 0 spiro atoms. The van der Waals surface area contributed by atoms with E-state index in [4.69, 9.17) is 15.2 Å². The van der Waals surface area contributed by atoms with Gasteiger partial charge in [0.2, 0.25) is 0 Å². The van der Waals surface area contributed by atoms with Gasteiger partial charge in [0.25, 0.3) is 0 Å². The summed E-state index contributed by atoms with van der Waals surface area (Å²) in [5.74, 6) is 0. The number of hydrogen-bond donors (Lipinski definition) is 3. The normalized spacial score (nSPS) is 11.1. The minimum atomic E-state index is -0.414. The summed E-state index contributed by atoms with van der Waals surface area (Å²) in [6.45, 7) is 9.42. The average molecular weight is 510 g/mol. The van der Waals surface area contributed by atoms with Gasteiger partial charge in [-0.25, -0.2) is 9.59 Å². The maximum atomic E-state index is 11.8. The van der Waals surface area contributed by atoms with Crippen LogP contribution in [0.25, 0.3) is 0 Å². The summed E-state index contributed by atoms with van der Waals surface area (Å²) in [4.78, 5) is 25.6. The second kappa shape index (κ2) is 20.8. The quantitative estimate of drug-likeness (QED) is 0.306. The van der Waals surface area contributed by atoms with Crippen molar-refractivity contribution in [1.29, 1.82) is 0 Å². The number of carbonyl (C=O) groups is 2.